The van der Waals surface area contributed by atoms with Crippen LogP contribution in [0.15, 0.2) is 4.52 Å². The van der Waals surface area contributed by atoms with Crippen molar-refractivity contribution in [3.8, 4) is 0 Å². The first-order valence-corrected chi connectivity index (χ1v) is 6.50. The summed E-state index contributed by atoms with van der Waals surface area (Å²) in [5, 5.41) is 16.7. The zero-order chi connectivity index (χ0) is 14.8. The second-order valence-corrected chi connectivity index (χ2v) is 6.03. The minimum absolute atomic E-state index is 0.0906. The Morgan fingerprint density at radius 2 is 1.89 bits per heavy atom. The van der Waals surface area contributed by atoms with Crippen molar-refractivity contribution in [2.24, 2.45) is 0 Å². The zero-order valence-corrected chi connectivity index (χ0v) is 12.6. The molecule has 1 rings (SSSR count). The molecule has 0 saturated heterocycles. The summed E-state index contributed by atoms with van der Waals surface area (Å²) in [4.78, 5) is 11.9. The van der Waals surface area contributed by atoms with Crippen molar-refractivity contribution < 1.29 is 14.4 Å². The van der Waals surface area contributed by atoms with Crippen LogP contribution < -0.4 is 5.32 Å². The summed E-state index contributed by atoms with van der Waals surface area (Å²) < 4.78 is 5.06. The number of aliphatic hydroxyl groups is 1. The van der Waals surface area contributed by atoms with E-state index in [0.717, 1.165) is 17.0 Å². The Labute approximate surface area is 114 Å². The molecular formula is C14H24N2O3. The molecule has 0 atom stereocenters. The monoisotopic (exact) mass is 268 g/mol. The predicted octanol–water partition coefficient (Wildman–Crippen LogP) is 1.89. The van der Waals surface area contributed by atoms with Crippen molar-refractivity contribution in [3.05, 3.63) is 17.0 Å². The van der Waals surface area contributed by atoms with Crippen LogP contribution in [0.2, 0.25) is 0 Å². The fourth-order valence-electron chi connectivity index (χ4n) is 1.66. The molecule has 19 heavy (non-hydrogen) atoms. The van der Waals surface area contributed by atoms with Crippen LogP contribution in [-0.2, 0) is 11.2 Å². The zero-order valence-electron chi connectivity index (χ0n) is 12.6. The molecule has 0 aromatic carbocycles. The Kier molecular flexibility index (Phi) is 4.40. The lowest BCUT2D eigenvalue weighted by Gasteiger charge is -2.38. The van der Waals surface area contributed by atoms with Gasteiger partial charge in [-0.05, 0) is 48.0 Å². The van der Waals surface area contributed by atoms with Crippen LogP contribution in [0, 0.1) is 13.8 Å². The minimum atomic E-state index is -0.980. The van der Waals surface area contributed by atoms with Crippen molar-refractivity contribution in [3.63, 3.8) is 0 Å². The number of carbonyl (C=O) groups excluding carboxylic acids is 1. The molecule has 5 nitrogen and oxygen atoms in total. The van der Waals surface area contributed by atoms with Gasteiger partial charge in [0.15, 0.2) is 0 Å². The van der Waals surface area contributed by atoms with Gasteiger partial charge >= 0.3 is 0 Å². The van der Waals surface area contributed by atoms with Gasteiger partial charge in [0, 0.05) is 12.0 Å². The van der Waals surface area contributed by atoms with Gasteiger partial charge in [0.25, 0.3) is 0 Å². The molecule has 0 aliphatic carbocycles. The van der Waals surface area contributed by atoms with E-state index in [4.69, 9.17) is 4.52 Å². The Bertz CT molecular complexity index is 436. The highest BCUT2D eigenvalue weighted by Gasteiger charge is 2.36. The number of nitrogens with zero attached hydrogens (tertiary/aromatic N) is 1. The molecule has 1 aromatic heterocycles. The highest BCUT2D eigenvalue weighted by atomic mass is 16.5. The third kappa shape index (κ3) is 3.80. The molecule has 0 fully saturated rings. The quantitative estimate of drug-likeness (QED) is 0.855. The third-order valence-electron chi connectivity index (χ3n) is 3.76. The van der Waals surface area contributed by atoms with Gasteiger partial charge in [0.05, 0.1) is 16.8 Å². The van der Waals surface area contributed by atoms with Crippen LogP contribution >= 0.6 is 0 Å². The van der Waals surface area contributed by atoms with Gasteiger partial charge in [0.1, 0.15) is 5.76 Å². The molecule has 2 N–H and O–H groups in total. The van der Waals surface area contributed by atoms with E-state index in [9.17, 15) is 9.90 Å². The molecule has 0 radical (unpaired) electrons. The average molecular weight is 268 g/mol. The summed E-state index contributed by atoms with van der Waals surface area (Å²) in [7, 11) is 0. The highest BCUT2D eigenvalue weighted by molar-refractivity contribution is 5.77. The Hall–Kier alpha value is -1.36. The van der Waals surface area contributed by atoms with E-state index in [1.165, 1.54) is 0 Å². The lowest BCUT2D eigenvalue weighted by molar-refractivity contribution is -0.126. The first-order chi connectivity index (χ1) is 8.54. The molecule has 1 amide bonds. The molecule has 0 aliphatic heterocycles. The van der Waals surface area contributed by atoms with Gasteiger partial charge < -0.3 is 14.9 Å². The van der Waals surface area contributed by atoms with E-state index in [-0.39, 0.29) is 5.91 Å². The van der Waals surface area contributed by atoms with E-state index in [2.05, 4.69) is 10.5 Å². The highest BCUT2D eigenvalue weighted by Crippen LogP contribution is 2.21. The van der Waals surface area contributed by atoms with Crippen molar-refractivity contribution >= 4 is 5.91 Å². The first kappa shape index (κ1) is 15.7. The fourth-order valence-corrected chi connectivity index (χ4v) is 1.66. The maximum Gasteiger partial charge on any atom is 0.220 e. The average Bonchev–Trinajstić information content (AvgIpc) is 2.53. The molecule has 0 bridgehead atoms. The van der Waals surface area contributed by atoms with Crippen molar-refractivity contribution in [1.82, 2.24) is 10.5 Å². The summed E-state index contributed by atoms with van der Waals surface area (Å²) in [5.41, 5.74) is 0.150. The van der Waals surface area contributed by atoms with Gasteiger partial charge in [0.2, 0.25) is 5.91 Å². The number of amides is 1. The number of nitrogens with one attached hydrogen (secondary N) is 1. The topological polar surface area (TPSA) is 75.4 Å². The lowest BCUT2D eigenvalue weighted by atomic mass is 9.86. The van der Waals surface area contributed by atoms with Crippen molar-refractivity contribution in [2.45, 2.75) is 65.5 Å². The number of carbonyl (C=O) groups is 1. The van der Waals surface area contributed by atoms with Crippen LogP contribution in [0.4, 0.5) is 0 Å². The van der Waals surface area contributed by atoms with Crippen LogP contribution in [0.1, 0.15) is 51.1 Å². The second kappa shape index (κ2) is 5.33. The summed E-state index contributed by atoms with van der Waals surface area (Å²) in [5.74, 6) is 0.666. The van der Waals surface area contributed by atoms with E-state index in [1.54, 1.807) is 27.7 Å². The summed E-state index contributed by atoms with van der Waals surface area (Å²) >= 11 is 0. The maximum absolute atomic E-state index is 11.9. The maximum atomic E-state index is 11.9. The molecule has 1 aromatic rings. The lowest BCUT2D eigenvalue weighted by Crippen LogP contribution is -2.57. The van der Waals surface area contributed by atoms with Gasteiger partial charge in [-0.25, -0.2) is 0 Å². The van der Waals surface area contributed by atoms with Gasteiger partial charge in [-0.2, -0.15) is 0 Å². The molecule has 1 heterocycles. The normalized spacial score (nSPS) is 12.6. The molecule has 0 saturated carbocycles. The fraction of sp³-hybridized carbons (Fsp3) is 0.714. The molecule has 0 spiro atoms. The summed E-state index contributed by atoms with van der Waals surface area (Å²) in [6.45, 7) is 10.7. The largest absolute Gasteiger partial charge is 0.388 e. The Morgan fingerprint density at radius 1 is 1.32 bits per heavy atom. The van der Waals surface area contributed by atoms with Crippen molar-refractivity contribution in [1.29, 1.82) is 0 Å². The number of aryl methyl sites for hydroxylation is 2. The van der Waals surface area contributed by atoms with Crippen LogP contribution in [0.25, 0.3) is 0 Å². The number of rotatable bonds is 5. The van der Waals surface area contributed by atoms with E-state index < -0.39 is 11.1 Å². The van der Waals surface area contributed by atoms with Crippen molar-refractivity contribution in [2.75, 3.05) is 0 Å². The Morgan fingerprint density at radius 3 is 2.32 bits per heavy atom. The summed E-state index contributed by atoms with van der Waals surface area (Å²) in [6.07, 6.45) is 0.942. The predicted molar refractivity (Wildman–Crippen MR) is 72.8 cm³/mol. The van der Waals surface area contributed by atoms with Crippen LogP contribution in [0.3, 0.4) is 0 Å². The van der Waals surface area contributed by atoms with E-state index in [1.807, 2.05) is 13.8 Å². The Balaban J connectivity index is 2.58. The number of hydrogen-bond donors (Lipinski definition) is 2. The van der Waals surface area contributed by atoms with Gasteiger partial charge in [-0.1, -0.05) is 5.16 Å². The third-order valence-corrected chi connectivity index (χ3v) is 3.76. The van der Waals surface area contributed by atoms with E-state index in [0.29, 0.717) is 12.8 Å². The minimum Gasteiger partial charge on any atom is -0.388 e. The number of aromatic nitrogens is 1. The smallest absolute Gasteiger partial charge is 0.220 e. The first-order valence-electron chi connectivity index (χ1n) is 6.50. The molecular weight excluding hydrogens is 244 g/mol. The second-order valence-electron chi connectivity index (χ2n) is 6.03. The molecule has 108 valence electrons. The van der Waals surface area contributed by atoms with E-state index >= 15 is 0 Å². The van der Waals surface area contributed by atoms with Crippen LogP contribution in [0.5, 0.6) is 0 Å². The number of hydrogen-bond acceptors (Lipinski definition) is 4. The van der Waals surface area contributed by atoms with Gasteiger partial charge in [-0.15, -0.1) is 0 Å². The van der Waals surface area contributed by atoms with Gasteiger partial charge in [-0.3, -0.25) is 4.79 Å². The molecule has 0 aliphatic rings. The standard InChI is InChI=1S/C14H24N2O3/c1-9-11(10(2)19-16-9)7-8-12(17)15-13(3,4)14(5,6)18/h18H,7-8H2,1-6H3,(H,15,17). The summed E-state index contributed by atoms with van der Waals surface area (Å²) in [6, 6.07) is 0. The molecule has 5 heteroatoms. The molecule has 0 unspecified atom stereocenters. The SMILES string of the molecule is Cc1noc(C)c1CCC(=O)NC(C)(C)C(C)(C)O. The van der Waals surface area contributed by atoms with Crippen LogP contribution in [-0.4, -0.2) is 27.3 Å².